The van der Waals surface area contributed by atoms with Crippen LogP contribution in [0.25, 0.3) is 0 Å². The first kappa shape index (κ1) is 9.54. The van der Waals surface area contributed by atoms with Crippen LogP contribution in [0.1, 0.15) is 12.5 Å². The molecule has 1 heteroatoms. The van der Waals surface area contributed by atoms with Gasteiger partial charge >= 0.3 is 0 Å². The highest BCUT2D eigenvalue weighted by Gasteiger charge is 1.97. The maximum Gasteiger partial charge on any atom is 0.0908 e. The largest absolute Gasteiger partial charge is 0.193 e. The van der Waals surface area contributed by atoms with Gasteiger partial charge in [-0.25, -0.2) is 0 Å². The maximum atomic E-state index is 8.34. The van der Waals surface area contributed by atoms with Crippen LogP contribution in [-0.2, 0) is 6.42 Å². The second-order valence-corrected chi connectivity index (χ2v) is 3.16. The molecule has 0 saturated carbocycles. The first-order valence-corrected chi connectivity index (χ1v) is 4.43. The molecule has 0 aliphatic heterocycles. The molecule has 0 amide bonds. The fourth-order valence-corrected chi connectivity index (χ4v) is 1.26. The summed E-state index contributed by atoms with van der Waals surface area (Å²) in [6, 6.07) is 12.3. The topological polar surface area (TPSA) is 23.8 Å². The minimum absolute atomic E-state index is 0.432. The van der Waals surface area contributed by atoms with Crippen molar-refractivity contribution in [2.75, 3.05) is 0 Å². The van der Waals surface area contributed by atoms with Crippen LogP contribution in [0.5, 0.6) is 0 Å². The molecule has 0 N–H and O–H groups in total. The molecule has 0 unspecified atom stereocenters. The second kappa shape index (κ2) is 5.16. The normalized spacial score (nSPS) is 12.6. The van der Waals surface area contributed by atoms with E-state index in [2.05, 4.69) is 19.1 Å². The highest BCUT2D eigenvalue weighted by Crippen LogP contribution is 2.08. The molecule has 0 spiro atoms. The predicted molar refractivity (Wildman–Crippen MR) is 54.1 cm³/mol. The Balaban J connectivity index is 2.51. The van der Waals surface area contributed by atoms with E-state index in [1.165, 1.54) is 5.56 Å². The molecular weight excluding hydrogens is 158 g/mol. The van der Waals surface area contributed by atoms with Gasteiger partial charge in [0.15, 0.2) is 0 Å². The number of nitriles is 1. The fraction of sp³-hybridized carbons (Fsp3) is 0.250. The molecular formula is C12H13N. The van der Waals surface area contributed by atoms with Crippen LogP contribution in [-0.4, -0.2) is 0 Å². The molecule has 0 saturated heterocycles. The van der Waals surface area contributed by atoms with E-state index in [1.807, 2.05) is 30.3 Å². The average Bonchev–Trinajstić information content (AvgIpc) is 2.16. The van der Waals surface area contributed by atoms with Crippen LogP contribution in [0.15, 0.2) is 42.5 Å². The highest BCUT2D eigenvalue weighted by molar-refractivity contribution is 5.16. The van der Waals surface area contributed by atoms with E-state index >= 15 is 0 Å². The van der Waals surface area contributed by atoms with Crippen molar-refractivity contribution in [3.05, 3.63) is 48.0 Å². The van der Waals surface area contributed by atoms with E-state index in [1.54, 1.807) is 6.08 Å². The lowest BCUT2D eigenvalue weighted by atomic mass is 10.0. The summed E-state index contributed by atoms with van der Waals surface area (Å²) in [4.78, 5) is 0. The number of rotatable bonds is 3. The third-order valence-electron chi connectivity index (χ3n) is 1.90. The molecule has 0 aromatic heterocycles. The molecule has 1 atom stereocenters. The van der Waals surface area contributed by atoms with Crippen molar-refractivity contribution in [2.45, 2.75) is 13.3 Å². The van der Waals surface area contributed by atoms with Gasteiger partial charge in [0.1, 0.15) is 0 Å². The van der Waals surface area contributed by atoms with Gasteiger partial charge in [0.05, 0.1) is 6.07 Å². The van der Waals surface area contributed by atoms with Gasteiger partial charge in [-0.2, -0.15) is 5.26 Å². The second-order valence-electron chi connectivity index (χ2n) is 3.16. The summed E-state index contributed by atoms with van der Waals surface area (Å²) in [7, 11) is 0. The maximum absolute atomic E-state index is 8.34. The molecule has 0 fully saturated rings. The first-order valence-electron chi connectivity index (χ1n) is 4.43. The van der Waals surface area contributed by atoms with Crippen molar-refractivity contribution in [1.29, 1.82) is 5.26 Å². The summed E-state index contributed by atoms with van der Waals surface area (Å²) in [6.45, 7) is 2.11. The third-order valence-corrected chi connectivity index (χ3v) is 1.90. The molecule has 1 aromatic carbocycles. The van der Waals surface area contributed by atoms with Crippen molar-refractivity contribution < 1.29 is 0 Å². The minimum atomic E-state index is 0.432. The van der Waals surface area contributed by atoms with Crippen LogP contribution in [0, 0.1) is 17.2 Å². The molecule has 1 nitrogen and oxygen atoms in total. The van der Waals surface area contributed by atoms with Crippen LogP contribution < -0.4 is 0 Å². The number of nitrogens with zero attached hydrogens (tertiary/aromatic N) is 1. The molecule has 66 valence electrons. The molecule has 1 aromatic rings. The Labute approximate surface area is 79.3 Å². The zero-order valence-corrected chi connectivity index (χ0v) is 7.77. The Bertz CT molecular complexity index is 306. The Morgan fingerprint density at radius 1 is 1.38 bits per heavy atom. The lowest BCUT2D eigenvalue weighted by Crippen LogP contribution is -1.94. The van der Waals surface area contributed by atoms with Gasteiger partial charge in [0, 0.05) is 6.08 Å². The Hall–Kier alpha value is -1.55. The average molecular weight is 171 g/mol. The Morgan fingerprint density at radius 3 is 2.69 bits per heavy atom. The van der Waals surface area contributed by atoms with Crippen molar-refractivity contribution in [1.82, 2.24) is 0 Å². The molecule has 1 rings (SSSR count). The monoisotopic (exact) mass is 171 g/mol. The van der Waals surface area contributed by atoms with Crippen LogP contribution in [0.2, 0.25) is 0 Å². The zero-order chi connectivity index (χ0) is 9.52. The molecule has 0 heterocycles. The van der Waals surface area contributed by atoms with Crippen molar-refractivity contribution in [3.63, 3.8) is 0 Å². The first-order chi connectivity index (χ1) is 6.33. The van der Waals surface area contributed by atoms with Gasteiger partial charge in [0.25, 0.3) is 0 Å². The minimum Gasteiger partial charge on any atom is -0.193 e. The van der Waals surface area contributed by atoms with Crippen LogP contribution in [0.4, 0.5) is 0 Å². The Morgan fingerprint density at radius 2 is 2.08 bits per heavy atom. The van der Waals surface area contributed by atoms with Crippen LogP contribution in [0.3, 0.4) is 0 Å². The van der Waals surface area contributed by atoms with Crippen LogP contribution >= 0.6 is 0 Å². The lowest BCUT2D eigenvalue weighted by molar-refractivity contribution is 0.724. The van der Waals surface area contributed by atoms with Crippen molar-refractivity contribution in [3.8, 4) is 6.07 Å². The van der Waals surface area contributed by atoms with E-state index in [0.29, 0.717) is 5.92 Å². The SMILES string of the molecule is C[C@H](/C=C\C#N)Cc1ccccc1. The number of allylic oxidation sites excluding steroid dienone is 2. The smallest absolute Gasteiger partial charge is 0.0908 e. The van der Waals surface area contributed by atoms with E-state index in [0.717, 1.165) is 6.42 Å². The summed E-state index contributed by atoms with van der Waals surface area (Å²) < 4.78 is 0. The van der Waals surface area contributed by atoms with Crippen molar-refractivity contribution >= 4 is 0 Å². The summed E-state index contributed by atoms with van der Waals surface area (Å²) >= 11 is 0. The van der Waals surface area contributed by atoms with E-state index in [4.69, 9.17) is 5.26 Å². The van der Waals surface area contributed by atoms with Gasteiger partial charge in [0.2, 0.25) is 0 Å². The molecule has 0 radical (unpaired) electrons. The summed E-state index contributed by atoms with van der Waals surface area (Å²) in [6.07, 6.45) is 4.49. The zero-order valence-electron chi connectivity index (χ0n) is 7.77. The highest BCUT2D eigenvalue weighted by atomic mass is 14.2. The molecule has 0 bridgehead atoms. The Kier molecular flexibility index (Phi) is 3.78. The lowest BCUT2D eigenvalue weighted by Gasteiger charge is -2.04. The molecule has 13 heavy (non-hydrogen) atoms. The van der Waals surface area contributed by atoms with Gasteiger partial charge < -0.3 is 0 Å². The summed E-state index contributed by atoms with van der Waals surface area (Å²) in [5, 5.41) is 8.34. The van der Waals surface area contributed by atoms with Gasteiger partial charge in [-0.1, -0.05) is 43.3 Å². The third kappa shape index (κ3) is 3.57. The predicted octanol–water partition coefficient (Wildman–Crippen LogP) is 2.94. The molecule has 0 aliphatic carbocycles. The standard InChI is InChI=1S/C12H13N/c1-11(6-5-9-13)10-12-7-3-2-4-8-12/h2-8,11H,10H2,1H3/b6-5-/t11-/m1/s1. The van der Waals surface area contributed by atoms with Crippen molar-refractivity contribution in [2.24, 2.45) is 5.92 Å². The van der Waals surface area contributed by atoms with E-state index < -0.39 is 0 Å². The summed E-state index contributed by atoms with van der Waals surface area (Å²) in [5.74, 6) is 0.432. The van der Waals surface area contributed by atoms with E-state index in [9.17, 15) is 0 Å². The quantitative estimate of drug-likeness (QED) is 0.641. The van der Waals surface area contributed by atoms with Gasteiger partial charge in [-0.05, 0) is 17.9 Å². The number of benzene rings is 1. The van der Waals surface area contributed by atoms with E-state index in [-0.39, 0.29) is 0 Å². The van der Waals surface area contributed by atoms with Gasteiger partial charge in [-0.3, -0.25) is 0 Å². The number of hydrogen-bond donors (Lipinski definition) is 0. The van der Waals surface area contributed by atoms with Gasteiger partial charge in [-0.15, -0.1) is 0 Å². The molecule has 0 aliphatic rings. The fourth-order valence-electron chi connectivity index (χ4n) is 1.26. The number of hydrogen-bond acceptors (Lipinski definition) is 1. The summed E-state index contributed by atoms with van der Waals surface area (Å²) in [5.41, 5.74) is 1.32.